The first kappa shape index (κ1) is 17.0. The SMILES string of the molecule is CSc1ccc(C(=O)Nc2sc3c(c2C(N)=O)CCC(C)C3)cc1. The summed E-state index contributed by atoms with van der Waals surface area (Å²) in [7, 11) is 0. The Morgan fingerprint density at radius 1 is 1.29 bits per heavy atom. The van der Waals surface area contributed by atoms with Crippen LogP contribution in [-0.2, 0) is 12.8 Å². The van der Waals surface area contributed by atoms with E-state index in [0.717, 1.165) is 29.7 Å². The number of thioether (sulfide) groups is 1. The van der Waals surface area contributed by atoms with Gasteiger partial charge in [0.2, 0.25) is 0 Å². The third-order valence-corrected chi connectivity index (χ3v) is 6.25. The van der Waals surface area contributed by atoms with Gasteiger partial charge in [0.1, 0.15) is 5.00 Å². The van der Waals surface area contributed by atoms with Crippen LogP contribution in [0, 0.1) is 5.92 Å². The van der Waals surface area contributed by atoms with Crippen LogP contribution in [0.25, 0.3) is 0 Å². The first-order valence-corrected chi connectivity index (χ1v) is 9.93. The number of primary amides is 1. The molecule has 0 fully saturated rings. The fraction of sp³-hybridized carbons (Fsp3) is 0.333. The van der Waals surface area contributed by atoms with E-state index < -0.39 is 5.91 Å². The quantitative estimate of drug-likeness (QED) is 0.811. The van der Waals surface area contributed by atoms with Gasteiger partial charge >= 0.3 is 0 Å². The number of carbonyl (C=O) groups excluding carboxylic acids is 2. The maximum absolute atomic E-state index is 12.5. The van der Waals surface area contributed by atoms with Crippen molar-refractivity contribution in [1.82, 2.24) is 0 Å². The first-order valence-electron chi connectivity index (χ1n) is 7.89. The highest BCUT2D eigenvalue weighted by molar-refractivity contribution is 7.98. The van der Waals surface area contributed by atoms with Gasteiger partial charge < -0.3 is 11.1 Å². The lowest BCUT2D eigenvalue weighted by Crippen LogP contribution is -2.19. The van der Waals surface area contributed by atoms with Gasteiger partial charge in [0.25, 0.3) is 11.8 Å². The van der Waals surface area contributed by atoms with E-state index in [-0.39, 0.29) is 5.91 Å². The normalized spacial score (nSPS) is 16.5. The van der Waals surface area contributed by atoms with E-state index >= 15 is 0 Å². The summed E-state index contributed by atoms with van der Waals surface area (Å²) in [6, 6.07) is 7.41. The minimum absolute atomic E-state index is 0.211. The van der Waals surface area contributed by atoms with Gasteiger partial charge in [-0.1, -0.05) is 6.92 Å². The molecule has 0 saturated heterocycles. The topological polar surface area (TPSA) is 72.2 Å². The van der Waals surface area contributed by atoms with Crippen LogP contribution in [0.1, 0.15) is 44.5 Å². The molecule has 126 valence electrons. The summed E-state index contributed by atoms with van der Waals surface area (Å²) in [5, 5.41) is 3.47. The summed E-state index contributed by atoms with van der Waals surface area (Å²) in [5.41, 5.74) is 7.68. The monoisotopic (exact) mass is 360 g/mol. The number of anilines is 1. The smallest absolute Gasteiger partial charge is 0.256 e. The van der Waals surface area contributed by atoms with Crippen molar-refractivity contribution < 1.29 is 9.59 Å². The molecule has 3 N–H and O–H groups in total. The second-order valence-electron chi connectivity index (χ2n) is 6.10. The highest BCUT2D eigenvalue weighted by Crippen LogP contribution is 2.39. The molecule has 1 unspecified atom stereocenters. The van der Waals surface area contributed by atoms with Crippen molar-refractivity contribution in [3.63, 3.8) is 0 Å². The molecule has 0 radical (unpaired) electrons. The van der Waals surface area contributed by atoms with E-state index in [4.69, 9.17) is 5.73 Å². The average Bonchev–Trinajstić information content (AvgIpc) is 2.91. The summed E-state index contributed by atoms with van der Waals surface area (Å²) in [6.45, 7) is 2.21. The number of hydrogen-bond donors (Lipinski definition) is 2. The molecule has 1 aromatic heterocycles. The van der Waals surface area contributed by atoms with Crippen molar-refractivity contribution in [2.24, 2.45) is 11.7 Å². The fourth-order valence-corrected chi connectivity index (χ4v) is 4.84. The van der Waals surface area contributed by atoms with E-state index in [1.54, 1.807) is 23.9 Å². The largest absolute Gasteiger partial charge is 0.365 e. The second-order valence-corrected chi connectivity index (χ2v) is 8.09. The Morgan fingerprint density at radius 2 is 2.00 bits per heavy atom. The van der Waals surface area contributed by atoms with Gasteiger partial charge in [-0.3, -0.25) is 9.59 Å². The Hall–Kier alpha value is -1.79. The number of rotatable bonds is 4. The lowest BCUT2D eigenvalue weighted by molar-refractivity contribution is 0.1000. The van der Waals surface area contributed by atoms with Gasteiger partial charge in [0.15, 0.2) is 0 Å². The molecular weight excluding hydrogens is 340 g/mol. The van der Waals surface area contributed by atoms with Gasteiger partial charge in [0, 0.05) is 15.3 Å². The van der Waals surface area contributed by atoms with E-state index in [0.29, 0.717) is 22.0 Å². The van der Waals surface area contributed by atoms with Gasteiger partial charge in [-0.15, -0.1) is 23.1 Å². The number of hydrogen-bond acceptors (Lipinski definition) is 4. The van der Waals surface area contributed by atoms with Crippen molar-refractivity contribution >= 4 is 39.9 Å². The van der Waals surface area contributed by atoms with Crippen molar-refractivity contribution in [1.29, 1.82) is 0 Å². The molecule has 0 bridgehead atoms. The lowest BCUT2D eigenvalue weighted by atomic mass is 9.88. The molecule has 1 aliphatic rings. The number of carbonyl (C=O) groups is 2. The molecule has 1 heterocycles. The predicted octanol–water partition coefficient (Wildman–Crippen LogP) is 3.95. The third-order valence-electron chi connectivity index (χ3n) is 4.34. The zero-order valence-corrected chi connectivity index (χ0v) is 15.4. The van der Waals surface area contributed by atoms with Crippen molar-refractivity contribution in [3.8, 4) is 0 Å². The first-order chi connectivity index (χ1) is 11.5. The standard InChI is InChI=1S/C18H20N2O2S2/c1-10-3-8-13-14(9-10)24-18(15(13)16(19)21)20-17(22)11-4-6-12(23-2)7-5-11/h4-7,10H,3,8-9H2,1-2H3,(H2,19,21)(H,20,22). The summed E-state index contributed by atoms with van der Waals surface area (Å²) in [5.74, 6) is -0.0774. The van der Waals surface area contributed by atoms with Crippen LogP contribution in [-0.4, -0.2) is 18.1 Å². The van der Waals surface area contributed by atoms with Crippen LogP contribution in [0.2, 0.25) is 0 Å². The van der Waals surface area contributed by atoms with Crippen LogP contribution in [0.15, 0.2) is 29.2 Å². The molecule has 3 rings (SSSR count). The van der Waals surface area contributed by atoms with Crippen LogP contribution >= 0.6 is 23.1 Å². The number of thiophene rings is 1. The van der Waals surface area contributed by atoms with Crippen molar-refractivity contribution in [2.75, 3.05) is 11.6 Å². The predicted molar refractivity (Wildman–Crippen MR) is 100 cm³/mol. The van der Waals surface area contributed by atoms with E-state index in [1.807, 2.05) is 18.4 Å². The number of benzene rings is 1. The lowest BCUT2D eigenvalue weighted by Gasteiger charge is -2.18. The maximum atomic E-state index is 12.5. The zero-order chi connectivity index (χ0) is 17.3. The molecular formula is C18H20N2O2S2. The molecule has 2 amide bonds. The molecule has 0 saturated carbocycles. The van der Waals surface area contributed by atoms with Gasteiger partial charge in [0.05, 0.1) is 5.56 Å². The molecule has 24 heavy (non-hydrogen) atoms. The molecule has 6 heteroatoms. The Bertz CT molecular complexity index is 781. The number of nitrogens with one attached hydrogen (secondary N) is 1. The van der Waals surface area contributed by atoms with E-state index in [1.165, 1.54) is 16.2 Å². The van der Waals surface area contributed by atoms with Crippen LogP contribution in [0.4, 0.5) is 5.00 Å². The number of nitrogens with two attached hydrogens (primary N) is 1. The highest BCUT2D eigenvalue weighted by Gasteiger charge is 2.27. The zero-order valence-electron chi connectivity index (χ0n) is 13.7. The van der Waals surface area contributed by atoms with E-state index in [2.05, 4.69) is 12.2 Å². The second kappa shape index (κ2) is 6.99. The van der Waals surface area contributed by atoms with Crippen molar-refractivity contribution in [3.05, 3.63) is 45.8 Å². The molecule has 1 aromatic carbocycles. The Balaban J connectivity index is 1.88. The Labute approximate surface area is 149 Å². The highest BCUT2D eigenvalue weighted by atomic mass is 32.2. The minimum atomic E-state index is -0.463. The fourth-order valence-electron chi connectivity index (χ4n) is 3.02. The summed E-state index contributed by atoms with van der Waals surface area (Å²) < 4.78 is 0. The van der Waals surface area contributed by atoms with Crippen LogP contribution < -0.4 is 11.1 Å². The van der Waals surface area contributed by atoms with Gasteiger partial charge in [-0.25, -0.2) is 0 Å². The number of amides is 2. The van der Waals surface area contributed by atoms with Crippen molar-refractivity contribution in [2.45, 2.75) is 31.1 Å². The Morgan fingerprint density at radius 3 is 2.62 bits per heavy atom. The minimum Gasteiger partial charge on any atom is -0.365 e. The maximum Gasteiger partial charge on any atom is 0.256 e. The molecule has 2 aromatic rings. The van der Waals surface area contributed by atoms with Crippen LogP contribution in [0.3, 0.4) is 0 Å². The third kappa shape index (κ3) is 3.35. The van der Waals surface area contributed by atoms with E-state index in [9.17, 15) is 9.59 Å². The Kier molecular flexibility index (Phi) is 4.96. The summed E-state index contributed by atoms with van der Waals surface area (Å²) in [4.78, 5) is 26.7. The molecule has 1 atom stereocenters. The van der Waals surface area contributed by atoms with Gasteiger partial charge in [-0.05, 0) is 61.3 Å². The molecule has 0 aliphatic heterocycles. The van der Waals surface area contributed by atoms with Crippen LogP contribution in [0.5, 0.6) is 0 Å². The molecule has 4 nitrogen and oxygen atoms in total. The number of fused-ring (bicyclic) bond motifs is 1. The van der Waals surface area contributed by atoms with Gasteiger partial charge in [-0.2, -0.15) is 0 Å². The molecule has 0 spiro atoms. The summed E-state index contributed by atoms with van der Waals surface area (Å²) in [6.07, 6.45) is 4.83. The summed E-state index contributed by atoms with van der Waals surface area (Å²) >= 11 is 3.11. The average molecular weight is 361 g/mol. The molecule has 1 aliphatic carbocycles.